The molecule has 3 aliphatic heterocycles. The zero-order valence-corrected chi connectivity index (χ0v) is 13.5. The fourth-order valence-electron chi connectivity index (χ4n) is 3.91. The minimum Gasteiger partial charge on any atom is -0.373 e. The number of likely N-dealkylation sites (tertiary alicyclic amines) is 1. The standard InChI is InChI=1S/C16H30N4O/c1-17-16(19-14-11-13-3-4-15(14)21-13)18-8-5-12-6-9-20(2)10-7-12/h12-15H,3-11H2,1-2H3,(H2,17,18,19). The van der Waals surface area contributed by atoms with E-state index in [1.54, 1.807) is 0 Å². The van der Waals surface area contributed by atoms with Gasteiger partial charge in [0.25, 0.3) is 0 Å². The van der Waals surface area contributed by atoms with Crippen molar-refractivity contribution >= 4 is 5.96 Å². The second-order valence-electron chi connectivity index (χ2n) is 6.89. The van der Waals surface area contributed by atoms with Crippen LogP contribution in [0.25, 0.3) is 0 Å². The van der Waals surface area contributed by atoms with Crippen LogP contribution in [-0.4, -0.2) is 62.8 Å². The molecule has 0 radical (unpaired) electrons. The molecular formula is C16H30N4O. The fourth-order valence-corrected chi connectivity index (χ4v) is 3.91. The van der Waals surface area contributed by atoms with Crippen LogP contribution in [0.15, 0.2) is 4.99 Å². The van der Waals surface area contributed by atoms with Gasteiger partial charge in [-0.25, -0.2) is 0 Å². The van der Waals surface area contributed by atoms with E-state index in [2.05, 4.69) is 27.6 Å². The van der Waals surface area contributed by atoms with Crippen molar-refractivity contribution in [3.05, 3.63) is 0 Å². The van der Waals surface area contributed by atoms with Crippen LogP contribution in [0.3, 0.4) is 0 Å². The van der Waals surface area contributed by atoms with Crippen molar-refractivity contribution in [3.8, 4) is 0 Å². The number of hydrogen-bond acceptors (Lipinski definition) is 3. The number of guanidine groups is 1. The van der Waals surface area contributed by atoms with Gasteiger partial charge in [-0.3, -0.25) is 4.99 Å². The monoisotopic (exact) mass is 294 g/mol. The van der Waals surface area contributed by atoms with Crippen molar-refractivity contribution in [2.75, 3.05) is 33.7 Å². The molecule has 2 N–H and O–H groups in total. The first-order chi connectivity index (χ1) is 10.2. The quantitative estimate of drug-likeness (QED) is 0.604. The minimum absolute atomic E-state index is 0.405. The van der Waals surface area contributed by atoms with Crippen molar-refractivity contribution in [3.63, 3.8) is 0 Å². The molecule has 3 saturated heterocycles. The predicted octanol–water partition coefficient (Wildman–Crippen LogP) is 1.20. The summed E-state index contributed by atoms with van der Waals surface area (Å²) in [4.78, 5) is 6.79. The number of ether oxygens (including phenoxy) is 1. The molecule has 0 saturated carbocycles. The summed E-state index contributed by atoms with van der Waals surface area (Å²) in [5.74, 6) is 1.82. The van der Waals surface area contributed by atoms with E-state index in [9.17, 15) is 0 Å². The highest BCUT2D eigenvalue weighted by Crippen LogP contribution is 2.34. The van der Waals surface area contributed by atoms with E-state index < -0.39 is 0 Å². The molecule has 3 unspecified atom stereocenters. The van der Waals surface area contributed by atoms with Gasteiger partial charge in [0.1, 0.15) is 0 Å². The summed E-state index contributed by atoms with van der Waals surface area (Å²) in [5, 5.41) is 7.03. The predicted molar refractivity (Wildman–Crippen MR) is 85.6 cm³/mol. The van der Waals surface area contributed by atoms with Gasteiger partial charge < -0.3 is 20.3 Å². The van der Waals surface area contributed by atoms with Gasteiger partial charge in [-0.2, -0.15) is 0 Å². The number of nitrogens with zero attached hydrogens (tertiary/aromatic N) is 2. The van der Waals surface area contributed by atoms with E-state index in [-0.39, 0.29) is 0 Å². The topological polar surface area (TPSA) is 48.9 Å². The Hall–Kier alpha value is -0.810. The number of fused-ring (bicyclic) bond motifs is 2. The normalized spacial score (nSPS) is 34.4. The maximum atomic E-state index is 5.89. The highest BCUT2D eigenvalue weighted by Gasteiger charge is 2.41. The first-order valence-electron chi connectivity index (χ1n) is 8.56. The molecule has 0 aromatic carbocycles. The molecule has 0 spiro atoms. The number of aliphatic imine (C=N–C) groups is 1. The van der Waals surface area contributed by atoms with Gasteiger partial charge >= 0.3 is 0 Å². The maximum absolute atomic E-state index is 5.89. The summed E-state index contributed by atoms with van der Waals surface area (Å²) in [6, 6.07) is 0.457. The lowest BCUT2D eigenvalue weighted by Gasteiger charge is -2.29. The molecule has 3 rings (SSSR count). The molecule has 21 heavy (non-hydrogen) atoms. The van der Waals surface area contributed by atoms with Crippen molar-refractivity contribution in [1.82, 2.24) is 15.5 Å². The van der Waals surface area contributed by atoms with Crippen molar-refractivity contribution in [2.24, 2.45) is 10.9 Å². The Bertz CT molecular complexity index is 365. The molecule has 120 valence electrons. The largest absolute Gasteiger partial charge is 0.373 e. The second-order valence-corrected chi connectivity index (χ2v) is 6.89. The second kappa shape index (κ2) is 6.97. The molecule has 0 aliphatic carbocycles. The van der Waals surface area contributed by atoms with E-state index in [4.69, 9.17) is 4.74 Å². The van der Waals surface area contributed by atoms with Gasteiger partial charge in [0.15, 0.2) is 5.96 Å². The summed E-state index contributed by atoms with van der Waals surface area (Å²) in [7, 11) is 4.08. The van der Waals surface area contributed by atoms with Crippen LogP contribution < -0.4 is 10.6 Å². The molecule has 3 fully saturated rings. The molecule has 5 nitrogen and oxygen atoms in total. The van der Waals surface area contributed by atoms with Gasteiger partial charge in [-0.15, -0.1) is 0 Å². The zero-order chi connectivity index (χ0) is 14.7. The SMILES string of the molecule is CN=C(NCCC1CCN(C)CC1)NC1CC2CCC1O2. The molecule has 3 atom stereocenters. The fraction of sp³-hybridized carbons (Fsp3) is 0.938. The summed E-state index contributed by atoms with van der Waals surface area (Å²) in [6.45, 7) is 3.52. The lowest BCUT2D eigenvalue weighted by Crippen LogP contribution is -2.47. The van der Waals surface area contributed by atoms with Gasteiger partial charge in [0.2, 0.25) is 0 Å². The lowest BCUT2D eigenvalue weighted by molar-refractivity contribution is 0.0992. The number of piperidine rings is 1. The van der Waals surface area contributed by atoms with E-state index >= 15 is 0 Å². The van der Waals surface area contributed by atoms with Crippen LogP contribution in [0.5, 0.6) is 0 Å². The van der Waals surface area contributed by atoms with Crippen LogP contribution in [0, 0.1) is 5.92 Å². The van der Waals surface area contributed by atoms with Crippen molar-refractivity contribution < 1.29 is 4.74 Å². The van der Waals surface area contributed by atoms with Crippen LogP contribution in [-0.2, 0) is 4.74 Å². The Labute approximate surface area is 128 Å². The maximum Gasteiger partial charge on any atom is 0.191 e. The molecule has 0 amide bonds. The molecule has 3 heterocycles. The van der Waals surface area contributed by atoms with Gasteiger partial charge in [-0.1, -0.05) is 0 Å². The van der Waals surface area contributed by atoms with Crippen LogP contribution >= 0.6 is 0 Å². The molecule has 0 aromatic heterocycles. The van der Waals surface area contributed by atoms with Crippen LogP contribution in [0.2, 0.25) is 0 Å². The number of hydrogen-bond donors (Lipinski definition) is 2. The Morgan fingerprint density at radius 3 is 2.67 bits per heavy atom. The van der Waals surface area contributed by atoms with Crippen molar-refractivity contribution in [2.45, 2.75) is 56.8 Å². The first-order valence-corrected chi connectivity index (χ1v) is 8.56. The smallest absolute Gasteiger partial charge is 0.191 e. The minimum atomic E-state index is 0.405. The van der Waals surface area contributed by atoms with Crippen LogP contribution in [0.1, 0.15) is 38.5 Å². The average molecular weight is 294 g/mol. The van der Waals surface area contributed by atoms with Gasteiger partial charge in [0, 0.05) is 13.6 Å². The van der Waals surface area contributed by atoms with E-state index in [0.717, 1.165) is 24.8 Å². The third-order valence-corrected chi connectivity index (χ3v) is 5.33. The third kappa shape index (κ3) is 3.89. The first kappa shape index (κ1) is 15.1. The van der Waals surface area contributed by atoms with Crippen LogP contribution in [0.4, 0.5) is 0 Å². The average Bonchev–Trinajstić information content (AvgIpc) is 3.11. The summed E-state index contributed by atoms with van der Waals surface area (Å²) >= 11 is 0. The van der Waals surface area contributed by atoms with Crippen molar-refractivity contribution in [1.29, 1.82) is 0 Å². The van der Waals surface area contributed by atoms with E-state index in [1.807, 2.05) is 7.05 Å². The molecular weight excluding hydrogens is 264 g/mol. The molecule has 0 aromatic rings. The van der Waals surface area contributed by atoms with E-state index in [0.29, 0.717) is 18.2 Å². The molecule has 3 aliphatic rings. The summed E-state index contributed by atoms with van der Waals surface area (Å²) in [6.07, 6.45) is 8.41. The number of nitrogens with one attached hydrogen (secondary N) is 2. The van der Waals surface area contributed by atoms with Gasteiger partial charge in [0.05, 0.1) is 18.2 Å². The molecule has 2 bridgehead atoms. The zero-order valence-electron chi connectivity index (χ0n) is 13.5. The number of rotatable bonds is 4. The van der Waals surface area contributed by atoms with Gasteiger partial charge in [-0.05, 0) is 64.6 Å². The third-order valence-electron chi connectivity index (χ3n) is 5.33. The molecule has 5 heteroatoms. The highest BCUT2D eigenvalue weighted by atomic mass is 16.5. The summed E-state index contributed by atoms with van der Waals surface area (Å²) < 4.78 is 5.89. The Morgan fingerprint density at radius 1 is 1.24 bits per heavy atom. The Balaban J connectivity index is 1.35. The lowest BCUT2D eigenvalue weighted by atomic mass is 9.94. The highest BCUT2D eigenvalue weighted by molar-refractivity contribution is 5.80. The Morgan fingerprint density at radius 2 is 2.05 bits per heavy atom. The summed E-state index contributed by atoms with van der Waals surface area (Å²) in [5.41, 5.74) is 0. The van der Waals surface area contributed by atoms with E-state index in [1.165, 1.54) is 45.2 Å². The Kier molecular flexibility index (Phi) is 5.01.